The first kappa shape index (κ1) is 12.8. The van der Waals surface area contributed by atoms with E-state index in [4.69, 9.17) is 4.74 Å². The van der Waals surface area contributed by atoms with Gasteiger partial charge in [0.05, 0.1) is 6.10 Å². The Balaban J connectivity index is 2.00. The predicted molar refractivity (Wildman–Crippen MR) is 70.8 cm³/mol. The van der Waals surface area contributed by atoms with E-state index in [1.807, 2.05) is 0 Å². The number of benzene rings is 1. The monoisotopic (exact) mass is 301 g/mol. The molecule has 0 bridgehead atoms. The van der Waals surface area contributed by atoms with Crippen molar-refractivity contribution in [2.24, 2.45) is 0 Å². The lowest BCUT2D eigenvalue weighted by molar-refractivity contribution is 0.00925. The van der Waals surface area contributed by atoms with Gasteiger partial charge in [-0.25, -0.2) is 4.39 Å². The van der Waals surface area contributed by atoms with Gasteiger partial charge in [0.1, 0.15) is 5.82 Å². The zero-order chi connectivity index (χ0) is 12.3. The molecule has 0 aliphatic carbocycles. The van der Waals surface area contributed by atoms with Crippen LogP contribution in [0, 0.1) is 5.82 Å². The summed E-state index contributed by atoms with van der Waals surface area (Å²) in [6.07, 6.45) is 3.41. The Morgan fingerprint density at radius 2 is 2.35 bits per heavy atom. The fourth-order valence-electron chi connectivity index (χ4n) is 2.12. The maximum atomic E-state index is 13.0. The quantitative estimate of drug-likeness (QED) is 0.912. The van der Waals surface area contributed by atoms with Gasteiger partial charge in [-0.05, 0) is 53.4 Å². The van der Waals surface area contributed by atoms with E-state index in [-0.39, 0.29) is 5.82 Å². The average Bonchev–Trinajstić information content (AvgIpc) is 2.33. The van der Waals surface area contributed by atoms with Crippen molar-refractivity contribution in [3.8, 4) is 0 Å². The molecule has 0 aromatic heterocycles. The average molecular weight is 302 g/mol. The second kappa shape index (κ2) is 5.83. The van der Waals surface area contributed by atoms with Gasteiger partial charge < -0.3 is 10.1 Å². The molecule has 2 atom stereocenters. The fourth-order valence-corrected chi connectivity index (χ4v) is 2.59. The topological polar surface area (TPSA) is 21.3 Å². The van der Waals surface area contributed by atoms with Crippen molar-refractivity contribution in [3.05, 3.63) is 28.5 Å². The number of nitrogens with one attached hydrogen (secondary N) is 1. The molecule has 0 radical (unpaired) electrons. The third-order valence-corrected chi connectivity index (χ3v) is 3.77. The Bertz CT molecular complexity index is 386. The SMILES string of the molecule is CCC1CC(Nc2ccc(F)cc2Br)CCO1. The van der Waals surface area contributed by atoms with E-state index in [9.17, 15) is 4.39 Å². The molecule has 1 aliphatic rings. The molecule has 94 valence electrons. The lowest BCUT2D eigenvalue weighted by Gasteiger charge is -2.30. The Kier molecular flexibility index (Phi) is 4.40. The standard InChI is InChI=1S/C13H17BrFNO/c1-2-11-8-10(5-6-17-11)16-13-4-3-9(15)7-12(13)14/h3-4,7,10-11,16H,2,5-6,8H2,1H3. The third kappa shape index (κ3) is 3.42. The Hall–Kier alpha value is -0.610. The highest BCUT2D eigenvalue weighted by Gasteiger charge is 2.21. The molecule has 1 aromatic rings. The van der Waals surface area contributed by atoms with Crippen LogP contribution in [0.15, 0.2) is 22.7 Å². The van der Waals surface area contributed by atoms with E-state index in [1.165, 1.54) is 12.1 Å². The van der Waals surface area contributed by atoms with Crippen LogP contribution in [0.5, 0.6) is 0 Å². The number of rotatable bonds is 3. The Labute approximate surface area is 110 Å². The van der Waals surface area contributed by atoms with Crippen LogP contribution in [-0.2, 0) is 4.74 Å². The normalized spacial score (nSPS) is 24.6. The van der Waals surface area contributed by atoms with Crippen molar-refractivity contribution in [2.75, 3.05) is 11.9 Å². The molecule has 1 aromatic carbocycles. The van der Waals surface area contributed by atoms with E-state index < -0.39 is 0 Å². The molecule has 1 aliphatic heterocycles. The van der Waals surface area contributed by atoms with Crippen LogP contribution in [0.1, 0.15) is 26.2 Å². The first-order chi connectivity index (χ1) is 8.19. The molecule has 0 saturated carbocycles. The van der Waals surface area contributed by atoms with Crippen molar-refractivity contribution in [1.29, 1.82) is 0 Å². The van der Waals surface area contributed by atoms with Gasteiger partial charge in [-0.2, -0.15) is 0 Å². The minimum Gasteiger partial charge on any atom is -0.381 e. The van der Waals surface area contributed by atoms with Crippen molar-refractivity contribution in [1.82, 2.24) is 0 Å². The van der Waals surface area contributed by atoms with Crippen LogP contribution < -0.4 is 5.32 Å². The van der Waals surface area contributed by atoms with Gasteiger partial charge >= 0.3 is 0 Å². The van der Waals surface area contributed by atoms with Crippen molar-refractivity contribution in [2.45, 2.75) is 38.3 Å². The summed E-state index contributed by atoms with van der Waals surface area (Å²) >= 11 is 3.37. The summed E-state index contributed by atoms with van der Waals surface area (Å²) in [5, 5.41) is 3.45. The molecular formula is C13H17BrFNO. The second-order valence-corrected chi connectivity index (χ2v) is 5.25. The highest BCUT2D eigenvalue weighted by molar-refractivity contribution is 9.10. The summed E-state index contributed by atoms with van der Waals surface area (Å²) in [6, 6.07) is 5.15. The van der Waals surface area contributed by atoms with Gasteiger partial charge in [-0.1, -0.05) is 6.92 Å². The highest BCUT2D eigenvalue weighted by atomic mass is 79.9. The summed E-state index contributed by atoms with van der Waals surface area (Å²) in [7, 11) is 0. The van der Waals surface area contributed by atoms with Gasteiger partial charge in [0.15, 0.2) is 0 Å². The van der Waals surface area contributed by atoms with E-state index in [0.717, 1.165) is 36.0 Å². The maximum Gasteiger partial charge on any atom is 0.124 e. The van der Waals surface area contributed by atoms with E-state index in [2.05, 4.69) is 28.2 Å². The maximum absolute atomic E-state index is 13.0. The second-order valence-electron chi connectivity index (χ2n) is 4.39. The molecule has 17 heavy (non-hydrogen) atoms. The third-order valence-electron chi connectivity index (χ3n) is 3.11. The van der Waals surface area contributed by atoms with Gasteiger partial charge in [0.25, 0.3) is 0 Å². The fraction of sp³-hybridized carbons (Fsp3) is 0.538. The van der Waals surface area contributed by atoms with Crippen LogP contribution in [-0.4, -0.2) is 18.8 Å². The number of halogens is 2. The number of anilines is 1. The zero-order valence-corrected chi connectivity index (χ0v) is 11.5. The summed E-state index contributed by atoms with van der Waals surface area (Å²) in [5.74, 6) is -0.221. The largest absolute Gasteiger partial charge is 0.381 e. The minimum absolute atomic E-state index is 0.221. The molecule has 2 unspecified atom stereocenters. The zero-order valence-electron chi connectivity index (χ0n) is 9.88. The van der Waals surface area contributed by atoms with Crippen LogP contribution in [0.3, 0.4) is 0 Å². The molecule has 1 fully saturated rings. The summed E-state index contributed by atoms with van der Waals surface area (Å²) < 4.78 is 19.4. The molecule has 2 rings (SSSR count). The first-order valence-electron chi connectivity index (χ1n) is 6.02. The summed E-state index contributed by atoms with van der Waals surface area (Å²) in [6.45, 7) is 2.94. The van der Waals surface area contributed by atoms with E-state index >= 15 is 0 Å². The molecular weight excluding hydrogens is 285 g/mol. The molecule has 2 nitrogen and oxygen atoms in total. The van der Waals surface area contributed by atoms with Gasteiger partial charge in [0, 0.05) is 22.8 Å². The lowest BCUT2D eigenvalue weighted by Crippen LogP contribution is -2.33. The molecule has 1 N–H and O–H groups in total. The van der Waals surface area contributed by atoms with E-state index in [0.29, 0.717) is 12.1 Å². The van der Waals surface area contributed by atoms with Gasteiger partial charge in [-0.15, -0.1) is 0 Å². The Morgan fingerprint density at radius 3 is 3.06 bits per heavy atom. The number of ether oxygens (including phenoxy) is 1. The molecule has 4 heteroatoms. The highest BCUT2D eigenvalue weighted by Crippen LogP contribution is 2.26. The minimum atomic E-state index is -0.221. The Morgan fingerprint density at radius 1 is 1.53 bits per heavy atom. The predicted octanol–water partition coefficient (Wildman–Crippen LogP) is 3.96. The lowest BCUT2D eigenvalue weighted by atomic mass is 10.0. The van der Waals surface area contributed by atoms with Crippen LogP contribution in [0.25, 0.3) is 0 Å². The van der Waals surface area contributed by atoms with Crippen LogP contribution in [0.4, 0.5) is 10.1 Å². The van der Waals surface area contributed by atoms with Crippen molar-refractivity contribution < 1.29 is 9.13 Å². The summed E-state index contributed by atoms with van der Waals surface area (Å²) in [5.41, 5.74) is 0.952. The molecule has 1 saturated heterocycles. The van der Waals surface area contributed by atoms with Gasteiger partial charge in [0.2, 0.25) is 0 Å². The number of hydrogen-bond acceptors (Lipinski definition) is 2. The van der Waals surface area contributed by atoms with Crippen LogP contribution in [0.2, 0.25) is 0 Å². The molecule has 1 heterocycles. The summed E-state index contributed by atoms with van der Waals surface area (Å²) in [4.78, 5) is 0. The van der Waals surface area contributed by atoms with Crippen molar-refractivity contribution >= 4 is 21.6 Å². The van der Waals surface area contributed by atoms with Crippen LogP contribution >= 0.6 is 15.9 Å². The van der Waals surface area contributed by atoms with E-state index in [1.54, 1.807) is 6.07 Å². The number of hydrogen-bond donors (Lipinski definition) is 1. The van der Waals surface area contributed by atoms with Crippen molar-refractivity contribution in [3.63, 3.8) is 0 Å². The first-order valence-corrected chi connectivity index (χ1v) is 6.81. The molecule has 0 spiro atoms. The van der Waals surface area contributed by atoms with Gasteiger partial charge in [-0.3, -0.25) is 0 Å². The molecule has 0 amide bonds. The smallest absolute Gasteiger partial charge is 0.124 e.